The Bertz CT molecular complexity index is 762. The lowest BCUT2D eigenvalue weighted by Crippen LogP contribution is -2.70. The summed E-state index contributed by atoms with van der Waals surface area (Å²) in [4.78, 5) is 4.20. The number of nitrogens with one attached hydrogen (secondary N) is 1. The van der Waals surface area contributed by atoms with Gasteiger partial charge in [0.2, 0.25) is 5.71 Å². The van der Waals surface area contributed by atoms with Crippen LogP contribution < -0.4 is 5.32 Å². The van der Waals surface area contributed by atoms with Crippen LogP contribution in [-0.2, 0) is 16.0 Å². The number of aromatic nitrogens is 1. The first-order valence-corrected chi connectivity index (χ1v) is 7.96. The lowest BCUT2D eigenvalue weighted by molar-refractivity contribution is -0.206. The number of halogens is 1. The molecule has 5 heterocycles. The van der Waals surface area contributed by atoms with Gasteiger partial charge in [0.15, 0.2) is 0 Å². The Morgan fingerprint density at radius 1 is 1.32 bits per heavy atom. The predicted octanol–water partition coefficient (Wildman–Crippen LogP) is 2.66. The Labute approximate surface area is 132 Å². The van der Waals surface area contributed by atoms with Crippen molar-refractivity contribution in [1.82, 2.24) is 10.3 Å². The molecule has 2 bridgehead atoms. The van der Waals surface area contributed by atoms with Gasteiger partial charge >= 0.3 is 0 Å². The van der Waals surface area contributed by atoms with Crippen LogP contribution in [0.1, 0.15) is 25.5 Å². The summed E-state index contributed by atoms with van der Waals surface area (Å²) in [6.45, 7) is 4.22. The minimum Gasteiger partial charge on any atom is -0.441 e. The Kier molecular flexibility index (Phi) is 2.44. The molecule has 0 radical (unpaired) electrons. The number of rotatable bonds is 3. The van der Waals surface area contributed by atoms with Crippen LogP contribution in [0.3, 0.4) is 0 Å². The highest BCUT2D eigenvalue weighted by Gasteiger charge is 2.75. The minimum atomic E-state index is -0.144. The second kappa shape index (κ2) is 4.03. The van der Waals surface area contributed by atoms with Crippen molar-refractivity contribution in [3.05, 3.63) is 29.1 Å². The zero-order chi connectivity index (χ0) is 15.0. The third-order valence-corrected chi connectivity index (χ3v) is 5.53. The molecule has 1 spiro atoms. The highest BCUT2D eigenvalue weighted by molar-refractivity contribution is 6.31. The average Bonchev–Trinajstić information content (AvgIpc) is 2.99. The molecule has 4 aliphatic rings. The van der Waals surface area contributed by atoms with E-state index in [1.54, 1.807) is 6.20 Å². The van der Waals surface area contributed by atoms with Gasteiger partial charge in [-0.2, -0.15) is 0 Å². The standard InChI is InChI=1S/C16H17ClN2O3/c1-14-6-15(7-14,16(22-14)8-20-9-16)19-5-12-3-10-2-11(17)4-18-13(10)21-12/h2-4,19H,5-9H2,1H3. The molecule has 1 saturated carbocycles. The highest BCUT2D eigenvalue weighted by atomic mass is 35.5. The van der Waals surface area contributed by atoms with Crippen molar-refractivity contribution in [1.29, 1.82) is 0 Å². The van der Waals surface area contributed by atoms with Crippen LogP contribution in [0, 0.1) is 0 Å². The maximum Gasteiger partial charge on any atom is 0.226 e. The molecule has 0 aromatic carbocycles. The van der Waals surface area contributed by atoms with Crippen molar-refractivity contribution in [2.24, 2.45) is 0 Å². The fourth-order valence-corrected chi connectivity index (χ4v) is 4.57. The van der Waals surface area contributed by atoms with Gasteiger partial charge in [0.1, 0.15) is 11.4 Å². The summed E-state index contributed by atoms with van der Waals surface area (Å²) in [5, 5.41) is 5.23. The maximum absolute atomic E-state index is 6.26. The first-order valence-electron chi connectivity index (χ1n) is 7.59. The monoisotopic (exact) mass is 320 g/mol. The maximum atomic E-state index is 6.26. The smallest absolute Gasteiger partial charge is 0.226 e. The van der Waals surface area contributed by atoms with Gasteiger partial charge in [-0.25, -0.2) is 4.98 Å². The van der Waals surface area contributed by atoms with Gasteiger partial charge < -0.3 is 19.2 Å². The van der Waals surface area contributed by atoms with Gasteiger partial charge in [-0.1, -0.05) is 11.6 Å². The van der Waals surface area contributed by atoms with E-state index in [4.69, 9.17) is 25.5 Å². The third-order valence-electron chi connectivity index (χ3n) is 5.33. The largest absolute Gasteiger partial charge is 0.441 e. The van der Waals surface area contributed by atoms with E-state index in [1.807, 2.05) is 12.1 Å². The molecular formula is C16H17ClN2O3. The van der Waals surface area contributed by atoms with Crippen LogP contribution >= 0.6 is 11.6 Å². The minimum absolute atomic E-state index is 0.0136. The molecule has 3 saturated heterocycles. The summed E-state index contributed by atoms with van der Waals surface area (Å²) in [7, 11) is 0. The zero-order valence-corrected chi connectivity index (χ0v) is 13.1. The molecular weight excluding hydrogens is 304 g/mol. The van der Waals surface area contributed by atoms with E-state index in [0.29, 0.717) is 30.5 Å². The predicted molar refractivity (Wildman–Crippen MR) is 80.9 cm³/mol. The van der Waals surface area contributed by atoms with Crippen LogP contribution in [0.15, 0.2) is 22.7 Å². The fourth-order valence-electron chi connectivity index (χ4n) is 4.40. The molecule has 6 heteroatoms. The molecule has 6 rings (SSSR count). The van der Waals surface area contributed by atoms with Crippen molar-refractivity contribution >= 4 is 22.7 Å². The lowest BCUT2D eigenvalue weighted by atomic mass is 9.62. The number of ether oxygens (including phenoxy) is 2. The van der Waals surface area contributed by atoms with Crippen LogP contribution in [0.5, 0.6) is 0 Å². The Morgan fingerprint density at radius 2 is 2.14 bits per heavy atom. The second-order valence-electron chi connectivity index (χ2n) is 7.09. The van der Waals surface area contributed by atoms with Crippen LogP contribution in [0.25, 0.3) is 11.1 Å². The Morgan fingerprint density at radius 3 is 2.86 bits per heavy atom. The molecule has 116 valence electrons. The summed E-state index contributed by atoms with van der Waals surface area (Å²) in [6.07, 6.45) is 3.67. The fraction of sp³-hybridized carbons (Fsp3) is 0.562. The first kappa shape index (κ1) is 13.3. The third kappa shape index (κ3) is 1.62. The molecule has 1 N–H and O–H groups in total. The molecule has 0 atom stereocenters. The molecule has 4 fully saturated rings. The van der Waals surface area contributed by atoms with E-state index in [2.05, 4.69) is 17.2 Å². The number of fused-ring (bicyclic) bond motifs is 1. The average molecular weight is 321 g/mol. The van der Waals surface area contributed by atoms with Gasteiger partial charge in [-0.05, 0) is 31.9 Å². The van der Waals surface area contributed by atoms with Crippen molar-refractivity contribution in [3.8, 4) is 0 Å². The Balaban J connectivity index is 1.38. The molecule has 1 aliphatic carbocycles. The van der Waals surface area contributed by atoms with E-state index in [1.165, 1.54) is 0 Å². The first-order chi connectivity index (χ1) is 10.5. The molecule has 22 heavy (non-hydrogen) atoms. The highest BCUT2D eigenvalue weighted by Crippen LogP contribution is 2.62. The quantitative estimate of drug-likeness (QED) is 0.942. The Hall–Kier alpha value is -1.14. The molecule has 2 aromatic heterocycles. The summed E-state index contributed by atoms with van der Waals surface area (Å²) >= 11 is 5.97. The summed E-state index contributed by atoms with van der Waals surface area (Å²) in [6, 6.07) is 3.87. The normalized spacial score (nSPS) is 34.8. The van der Waals surface area contributed by atoms with Crippen LogP contribution in [0.2, 0.25) is 5.02 Å². The van der Waals surface area contributed by atoms with E-state index >= 15 is 0 Å². The number of pyridine rings is 1. The summed E-state index contributed by atoms with van der Waals surface area (Å²) in [5.74, 6) is 0.870. The van der Waals surface area contributed by atoms with Gasteiger partial charge in [0, 0.05) is 11.6 Å². The molecule has 5 nitrogen and oxygen atoms in total. The second-order valence-corrected chi connectivity index (χ2v) is 7.53. The SMILES string of the molecule is CC12CC(NCc3cc4cc(Cl)cnc4o3)(C1)C1(COC1)O2. The summed E-state index contributed by atoms with van der Waals surface area (Å²) in [5.41, 5.74) is 0.514. The van der Waals surface area contributed by atoms with Gasteiger partial charge in [0.25, 0.3) is 0 Å². The molecule has 2 aromatic rings. The lowest BCUT2D eigenvalue weighted by Gasteiger charge is -2.51. The molecule has 3 aliphatic heterocycles. The molecule has 0 unspecified atom stereocenters. The zero-order valence-electron chi connectivity index (χ0n) is 12.3. The van der Waals surface area contributed by atoms with Gasteiger partial charge in [-0.15, -0.1) is 0 Å². The number of hydrogen-bond acceptors (Lipinski definition) is 5. The van der Waals surface area contributed by atoms with Crippen molar-refractivity contribution in [3.63, 3.8) is 0 Å². The van der Waals surface area contributed by atoms with E-state index in [-0.39, 0.29) is 16.7 Å². The molecule has 0 amide bonds. The van der Waals surface area contributed by atoms with Crippen LogP contribution in [-0.4, -0.2) is 34.9 Å². The van der Waals surface area contributed by atoms with E-state index < -0.39 is 0 Å². The van der Waals surface area contributed by atoms with Gasteiger partial charge in [-0.3, -0.25) is 0 Å². The van der Waals surface area contributed by atoms with E-state index in [9.17, 15) is 0 Å². The topological polar surface area (TPSA) is 56.5 Å². The van der Waals surface area contributed by atoms with Gasteiger partial charge in [0.05, 0.1) is 35.9 Å². The van der Waals surface area contributed by atoms with Crippen molar-refractivity contribution in [2.75, 3.05) is 13.2 Å². The van der Waals surface area contributed by atoms with Crippen molar-refractivity contribution < 1.29 is 13.9 Å². The van der Waals surface area contributed by atoms with Crippen LogP contribution in [0.4, 0.5) is 0 Å². The summed E-state index contributed by atoms with van der Waals surface area (Å²) < 4.78 is 17.5. The number of nitrogens with zero attached hydrogens (tertiary/aromatic N) is 1. The van der Waals surface area contributed by atoms with Crippen molar-refractivity contribution in [2.45, 2.75) is 43.1 Å². The number of furan rings is 1. The number of hydrogen-bond donors (Lipinski definition) is 1. The van der Waals surface area contributed by atoms with E-state index in [0.717, 1.165) is 24.0 Å².